The van der Waals surface area contributed by atoms with Gasteiger partial charge in [0.15, 0.2) is 0 Å². The molecule has 0 bridgehead atoms. The third kappa shape index (κ3) is 3.45. The van der Waals surface area contributed by atoms with Crippen molar-refractivity contribution in [1.82, 2.24) is 10.3 Å². The van der Waals surface area contributed by atoms with E-state index in [9.17, 15) is 4.79 Å². The molecule has 1 N–H and O–H groups in total. The summed E-state index contributed by atoms with van der Waals surface area (Å²) >= 11 is 6.31. The van der Waals surface area contributed by atoms with E-state index in [1.54, 1.807) is 12.3 Å². The van der Waals surface area contributed by atoms with Crippen molar-refractivity contribution < 1.29 is 4.79 Å². The summed E-state index contributed by atoms with van der Waals surface area (Å²) in [5, 5.41) is 3.08. The SMILES string of the molecule is Cc1ccc(C(=O)NC2CCCCCC2Cl)cn1. The fourth-order valence-electron chi connectivity index (χ4n) is 2.28. The summed E-state index contributed by atoms with van der Waals surface area (Å²) < 4.78 is 0. The van der Waals surface area contributed by atoms with E-state index in [2.05, 4.69) is 10.3 Å². The molecule has 0 aliphatic heterocycles. The average Bonchev–Trinajstić information content (AvgIpc) is 2.56. The van der Waals surface area contributed by atoms with Crippen LogP contribution in [0.4, 0.5) is 0 Å². The molecule has 4 heteroatoms. The molecule has 18 heavy (non-hydrogen) atoms. The highest BCUT2D eigenvalue weighted by molar-refractivity contribution is 6.21. The maximum atomic E-state index is 12.1. The van der Waals surface area contributed by atoms with Crippen LogP contribution in [-0.4, -0.2) is 22.3 Å². The van der Waals surface area contributed by atoms with E-state index in [0.29, 0.717) is 5.56 Å². The van der Waals surface area contributed by atoms with Crippen LogP contribution < -0.4 is 5.32 Å². The van der Waals surface area contributed by atoms with Crippen LogP contribution >= 0.6 is 11.6 Å². The fourth-order valence-corrected chi connectivity index (χ4v) is 2.62. The Labute approximate surface area is 113 Å². The Morgan fingerprint density at radius 3 is 2.83 bits per heavy atom. The molecule has 1 saturated carbocycles. The highest BCUT2D eigenvalue weighted by Gasteiger charge is 2.23. The number of halogens is 1. The second-order valence-corrected chi connectivity index (χ2v) is 5.48. The van der Waals surface area contributed by atoms with Crippen molar-refractivity contribution in [3.05, 3.63) is 29.6 Å². The molecule has 3 nitrogen and oxygen atoms in total. The van der Waals surface area contributed by atoms with Gasteiger partial charge in [-0.3, -0.25) is 9.78 Å². The monoisotopic (exact) mass is 266 g/mol. The summed E-state index contributed by atoms with van der Waals surface area (Å²) in [4.78, 5) is 16.2. The number of rotatable bonds is 2. The topological polar surface area (TPSA) is 42.0 Å². The number of amides is 1. The van der Waals surface area contributed by atoms with Crippen LogP contribution in [0.25, 0.3) is 0 Å². The molecule has 0 spiro atoms. The molecule has 1 fully saturated rings. The van der Waals surface area contributed by atoms with Gasteiger partial charge in [0, 0.05) is 17.9 Å². The smallest absolute Gasteiger partial charge is 0.253 e. The van der Waals surface area contributed by atoms with Gasteiger partial charge < -0.3 is 5.32 Å². The normalized spacial score (nSPS) is 24.3. The molecule has 2 atom stereocenters. The molecular formula is C14H19ClN2O. The molecule has 0 aromatic carbocycles. The van der Waals surface area contributed by atoms with E-state index < -0.39 is 0 Å². The van der Waals surface area contributed by atoms with Crippen molar-refractivity contribution in [2.24, 2.45) is 0 Å². The number of aromatic nitrogens is 1. The minimum absolute atomic E-state index is 0.0508. The number of nitrogens with zero attached hydrogens (tertiary/aromatic N) is 1. The zero-order chi connectivity index (χ0) is 13.0. The van der Waals surface area contributed by atoms with E-state index >= 15 is 0 Å². The highest BCUT2D eigenvalue weighted by Crippen LogP contribution is 2.22. The molecule has 98 valence electrons. The van der Waals surface area contributed by atoms with Crippen molar-refractivity contribution in [3.8, 4) is 0 Å². The van der Waals surface area contributed by atoms with Gasteiger partial charge in [0.1, 0.15) is 0 Å². The summed E-state index contributed by atoms with van der Waals surface area (Å²) in [6.07, 6.45) is 7.08. The molecule has 1 heterocycles. The number of alkyl halides is 1. The minimum atomic E-state index is -0.0694. The summed E-state index contributed by atoms with van der Waals surface area (Å²) in [5.41, 5.74) is 1.52. The molecule has 1 aliphatic carbocycles. The maximum absolute atomic E-state index is 12.1. The van der Waals surface area contributed by atoms with Crippen LogP contribution in [0.3, 0.4) is 0 Å². The van der Waals surface area contributed by atoms with Crippen molar-refractivity contribution in [1.29, 1.82) is 0 Å². The zero-order valence-corrected chi connectivity index (χ0v) is 11.4. The quantitative estimate of drug-likeness (QED) is 0.660. The van der Waals surface area contributed by atoms with E-state index in [0.717, 1.165) is 31.4 Å². The van der Waals surface area contributed by atoms with E-state index in [-0.39, 0.29) is 17.3 Å². The first kappa shape index (κ1) is 13.3. The largest absolute Gasteiger partial charge is 0.348 e. The number of pyridine rings is 1. The van der Waals surface area contributed by atoms with E-state index in [1.165, 1.54) is 6.42 Å². The van der Waals surface area contributed by atoms with Gasteiger partial charge in [-0.1, -0.05) is 19.3 Å². The summed E-state index contributed by atoms with van der Waals surface area (Å²) in [6.45, 7) is 1.90. The van der Waals surface area contributed by atoms with Crippen LogP contribution in [0.15, 0.2) is 18.3 Å². The number of aryl methyl sites for hydroxylation is 1. The first-order chi connectivity index (χ1) is 8.66. The van der Waals surface area contributed by atoms with Crippen LogP contribution in [0, 0.1) is 6.92 Å². The van der Waals surface area contributed by atoms with Gasteiger partial charge in [-0.2, -0.15) is 0 Å². The van der Waals surface area contributed by atoms with Crippen molar-refractivity contribution in [2.45, 2.75) is 50.4 Å². The Balaban J connectivity index is 1.99. The van der Waals surface area contributed by atoms with E-state index in [4.69, 9.17) is 11.6 Å². The minimum Gasteiger partial charge on any atom is -0.348 e. The number of nitrogens with one attached hydrogen (secondary N) is 1. The first-order valence-electron chi connectivity index (χ1n) is 6.54. The lowest BCUT2D eigenvalue weighted by Crippen LogP contribution is -2.40. The first-order valence-corrected chi connectivity index (χ1v) is 6.98. The van der Waals surface area contributed by atoms with Crippen LogP contribution in [0.5, 0.6) is 0 Å². The second-order valence-electron chi connectivity index (χ2n) is 4.92. The van der Waals surface area contributed by atoms with Crippen LogP contribution in [0.1, 0.15) is 48.2 Å². The molecule has 2 unspecified atom stereocenters. The number of carbonyl (C=O) groups excluding carboxylic acids is 1. The lowest BCUT2D eigenvalue weighted by Gasteiger charge is -2.21. The maximum Gasteiger partial charge on any atom is 0.253 e. The summed E-state index contributed by atoms with van der Waals surface area (Å²) in [7, 11) is 0. The van der Waals surface area contributed by atoms with Crippen LogP contribution in [0.2, 0.25) is 0 Å². The molecule has 1 aliphatic rings. The predicted molar refractivity (Wildman–Crippen MR) is 73.0 cm³/mol. The molecule has 2 rings (SSSR count). The van der Waals surface area contributed by atoms with Gasteiger partial charge in [0.2, 0.25) is 0 Å². The van der Waals surface area contributed by atoms with Gasteiger partial charge in [-0.15, -0.1) is 11.6 Å². The Morgan fingerprint density at radius 1 is 1.33 bits per heavy atom. The average molecular weight is 267 g/mol. The summed E-state index contributed by atoms with van der Waals surface area (Å²) in [5.74, 6) is -0.0694. The summed E-state index contributed by atoms with van der Waals surface area (Å²) in [6, 6.07) is 3.74. The van der Waals surface area contributed by atoms with E-state index in [1.807, 2.05) is 13.0 Å². The lowest BCUT2D eigenvalue weighted by molar-refractivity contribution is 0.0933. The van der Waals surface area contributed by atoms with Gasteiger partial charge in [0.25, 0.3) is 5.91 Å². The zero-order valence-electron chi connectivity index (χ0n) is 10.7. The predicted octanol–water partition coefficient (Wildman–Crippen LogP) is 3.06. The van der Waals surface area contributed by atoms with Gasteiger partial charge in [0.05, 0.1) is 10.9 Å². The Morgan fingerprint density at radius 2 is 2.11 bits per heavy atom. The standard InChI is InChI=1S/C14H19ClN2O/c1-10-7-8-11(9-16-10)14(18)17-13-6-4-2-3-5-12(13)15/h7-9,12-13H,2-6H2,1H3,(H,17,18). The van der Waals surface area contributed by atoms with Gasteiger partial charge >= 0.3 is 0 Å². The van der Waals surface area contributed by atoms with Crippen LogP contribution in [-0.2, 0) is 0 Å². The Bertz CT molecular complexity index is 405. The lowest BCUT2D eigenvalue weighted by atomic mass is 10.1. The van der Waals surface area contributed by atoms with Crippen molar-refractivity contribution >= 4 is 17.5 Å². The number of hydrogen-bond donors (Lipinski definition) is 1. The van der Waals surface area contributed by atoms with Gasteiger partial charge in [-0.25, -0.2) is 0 Å². The molecule has 0 radical (unpaired) electrons. The molecule has 1 amide bonds. The molecule has 1 aromatic rings. The highest BCUT2D eigenvalue weighted by atomic mass is 35.5. The molecule has 0 saturated heterocycles. The fraction of sp³-hybridized carbons (Fsp3) is 0.571. The number of carbonyl (C=O) groups is 1. The third-order valence-corrected chi connectivity index (χ3v) is 3.94. The second kappa shape index (κ2) is 6.19. The van der Waals surface area contributed by atoms with Crippen molar-refractivity contribution in [3.63, 3.8) is 0 Å². The Hall–Kier alpha value is -1.09. The van der Waals surface area contributed by atoms with Crippen molar-refractivity contribution in [2.75, 3.05) is 0 Å². The number of hydrogen-bond acceptors (Lipinski definition) is 2. The third-order valence-electron chi connectivity index (χ3n) is 3.42. The molecular weight excluding hydrogens is 248 g/mol. The van der Waals surface area contributed by atoms with Gasteiger partial charge in [-0.05, 0) is 31.9 Å². The Kier molecular flexibility index (Phi) is 4.59. The molecule has 1 aromatic heterocycles.